The Morgan fingerprint density at radius 1 is 1.11 bits per heavy atom. The number of nitrogens with one attached hydrogen (secondary N) is 1. The molecule has 1 N–H and O–H groups in total. The number of amides is 1. The molecule has 1 fully saturated rings. The molecule has 1 aliphatic heterocycles. The number of aryl methyl sites for hydroxylation is 2. The fourth-order valence-electron chi connectivity index (χ4n) is 2.89. The molecule has 0 atom stereocenters. The molecule has 1 aliphatic rings. The molecule has 2 heterocycles. The van der Waals surface area contributed by atoms with E-state index in [4.69, 9.17) is 4.74 Å². The molecule has 144 valence electrons. The van der Waals surface area contributed by atoms with Gasteiger partial charge in [0, 0.05) is 13.1 Å². The van der Waals surface area contributed by atoms with E-state index in [1.165, 1.54) is 12.1 Å². The molecule has 0 aliphatic carbocycles. The second kappa shape index (κ2) is 7.51. The summed E-state index contributed by atoms with van der Waals surface area (Å²) in [5, 5.41) is 2.53. The van der Waals surface area contributed by atoms with Crippen LogP contribution in [0.2, 0.25) is 0 Å². The van der Waals surface area contributed by atoms with E-state index in [1.54, 1.807) is 13.8 Å². The molecule has 27 heavy (non-hydrogen) atoms. The number of benzene rings is 1. The summed E-state index contributed by atoms with van der Waals surface area (Å²) in [7, 11) is 0. The summed E-state index contributed by atoms with van der Waals surface area (Å²) in [6.07, 6.45) is -4.62. The molecule has 1 saturated heterocycles. The predicted molar refractivity (Wildman–Crippen MR) is 93.9 cm³/mol. The van der Waals surface area contributed by atoms with Crippen LogP contribution in [0, 0.1) is 13.8 Å². The molecular formula is C18H19F3N4O2. The predicted octanol–water partition coefficient (Wildman–Crippen LogP) is 3.20. The van der Waals surface area contributed by atoms with Crippen LogP contribution in [-0.4, -0.2) is 42.2 Å². The average Bonchev–Trinajstić information content (AvgIpc) is 2.64. The second-order valence-corrected chi connectivity index (χ2v) is 6.17. The van der Waals surface area contributed by atoms with E-state index in [9.17, 15) is 18.0 Å². The van der Waals surface area contributed by atoms with Crippen molar-refractivity contribution in [3.63, 3.8) is 0 Å². The fourth-order valence-corrected chi connectivity index (χ4v) is 2.89. The van der Waals surface area contributed by atoms with Crippen LogP contribution in [0.5, 0.6) is 0 Å². The van der Waals surface area contributed by atoms with Crippen molar-refractivity contribution < 1.29 is 22.7 Å². The molecule has 1 aromatic carbocycles. The maximum atomic E-state index is 13.1. The Kier molecular flexibility index (Phi) is 5.31. The van der Waals surface area contributed by atoms with Crippen LogP contribution in [-0.2, 0) is 10.9 Å². The molecule has 0 unspecified atom stereocenters. The number of morpholine rings is 1. The summed E-state index contributed by atoms with van der Waals surface area (Å²) in [4.78, 5) is 23.2. The molecule has 1 aromatic heterocycles. The zero-order valence-corrected chi connectivity index (χ0v) is 14.9. The normalized spacial score (nSPS) is 14.9. The SMILES string of the molecule is Cc1nc(N2CCOCC2)nc(C)c1NC(=O)c1ccccc1C(F)(F)F. The van der Waals surface area contributed by atoms with E-state index in [1.807, 2.05) is 4.90 Å². The van der Waals surface area contributed by atoms with Gasteiger partial charge in [-0.15, -0.1) is 0 Å². The number of halogens is 3. The minimum Gasteiger partial charge on any atom is -0.378 e. The van der Waals surface area contributed by atoms with Crippen LogP contribution in [0.15, 0.2) is 24.3 Å². The van der Waals surface area contributed by atoms with Crippen LogP contribution < -0.4 is 10.2 Å². The van der Waals surface area contributed by atoms with Gasteiger partial charge in [-0.05, 0) is 26.0 Å². The average molecular weight is 380 g/mol. The summed E-state index contributed by atoms with van der Waals surface area (Å²) in [5.74, 6) is -0.334. The van der Waals surface area contributed by atoms with E-state index < -0.39 is 23.2 Å². The Hall–Kier alpha value is -2.68. The van der Waals surface area contributed by atoms with Gasteiger partial charge in [-0.25, -0.2) is 9.97 Å². The highest BCUT2D eigenvalue weighted by Gasteiger charge is 2.35. The van der Waals surface area contributed by atoms with Crippen molar-refractivity contribution in [2.75, 3.05) is 36.5 Å². The lowest BCUT2D eigenvalue weighted by atomic mass is 10.1. The van der Waals surface area contributed by atoms with E-state index in [-0.39, 0.29) is 0 Å². The van der Waals surface area contributed by atoms with Crippen molar-refractivity contribution in [3.05, 3.63) is 46.8 Å². The zero-order chi connectivity index (χ0) is 19.6. The van der Waals surface area contributed by atoms with Crippen molar-refractivity contribution in [2.45, 2.75) is 20.0 Å². The number of carbonyl (C=O) groups is 1. The zero-order valence-electron chi connectivity index (χ0n) is 14.9. The van der Waals surface area contributed by atoms with Crippen molar-refractivity contribution in [2.24, 2.45) is 0 Å². The molecular weight excluding hydrogens is 361 g/mol. The first-order valence-electron chi connectivity index (χ1n) is 8.43. The molecule has 3 rings (SSSR count). The lowest BCUT2D eigenvalue weighted by Gasteiger charge is -2.27. The molecule has 2 aromatic rings. The van der Waals surface area contributed by atoms with Crippen LogP contribution in [0.4, 0.5) is 24.8 Å². The standard InChI is InChI=1S/C18H19F3N4O2/c1-11-15(12(2)23-17(22-11)25-7-9-27-10-8-25)24-16(26)13-5-3-4-6-14(13)18(19,20)21/h3-6H,7-10H2,1-2H3,(H,24,26). The first-order chi connectivity index (χ1) is 12.8. The van der Waals surface area contributed by atoms with Gasteiger partial charge in [0.15, 0.2) is 0 Å². The Morgan fingerprint density at radius 2 is 1.70 bits per heavy atom. The van der Waals surface area contributed by atoms with Crippen LogP contribution in [0.3, 0.4) is 0 Å². The monoisotopic (exact) mass is 380 g/mol. The second-order valence-electron chi connectivity index (χ2n) is 6.17. The number of alkyl halides is 3. The number of hydrogen-bond acceptors (Lipinski definition) is 5. The Labute approximate surface area is 154 Å². The summed E-state index contributed by atoms with van der Waals surface area (Å²) < 4.78 is 44.7. The Balaban J connectivity index is 1.87. The quantitative estimate of drug-likeness (QED) is 0.886. The third-order valence-electron chi connectivity index (χ3n) is 4.27. The minimum atomic E-state index is -4.62. The molecule has 0 bridgehead atoms. The van der Waals surface area contributed by atoms with Gasteiger partial charge in [-0.2, -0.15) is 13.2 Å². The highest BCUT2D eigenvalue weighted by Crippen LogP contribution is 2.32. The molecule has 1 amide bonds. The van der Waals surface area contributed by atoms with Gasteiger partial charge in [0.25, 0.3) is 5.91 Å². The number of hydrogen-bond donors (Lipinski definition) is 1. The van der Waals surface area contributed by atoms with Gasteiger partial charge in [-0.1, -0.05) is 12.1 Å². The maximum absolute atomic E-state index is 13.1. The minimum absolute atomic E-state index is 0.314. The number of anilines is 2. The molecule has 0 spiro atoms. The van der Waals surface area contributed by atoms with Gasteiger partial charge in [0.05, 0.1) is 41.4 Å². The van der Waals surface area contributed by atoms with E-state index in [0.29, 0.717) is 49.3 Å². The van der Waals surface area contributed by atoms with Crippen LogP contribution >= 0.6 is 0 Å². The van der Waals surface area contributed by atoms with Gasteiger partial charge < -0.3 is 15.0 Å². The molecule has 0 radical (unpaired) electrons. The number of aromatic nitrogens is 2. The van der Waals surface area contributed by atoms with Crippen molar-refractivity contribution in [1.29, 1.82) is 0 Å². The van der Waals surface area contributed by atoms with Crippen LogP contribution in [0.1, 0.15) is 27.3 Å². The first-order valence-corrected chi connectivity index (χ1v) is 8.43. The summed E-state index contributed by atoms with van der Waals surface area (Å²) in [6, 6.07) is 4.66. The fraction of sp³-hybridized carbons (Fsp3) is 0.389. The maximum Gasteiger partial charge on any atom is 0.417 e. The summed E-state index contributed by atoms with van der Waals surface area (Å²) in [5.41, 5.74) is -0.137. The largest absolute Gasteiger partial charge is 0.417 e. The van der Waals surface area contributed by atoms with Crippen molar-refractivity contribution in [3.8, 4) is 0 Å². The summed E-state index contributed by atoms with van der Waals surface area (Å²) >= 11 is 0. The topological polar surface area (TPSA) is 67.3 Å². The number of nitrogens with zero attached hydrogens (tertiary/aromatic N) is 3. The Morgan fingerprint density at radius 3 is 2.30 bits per heavy atom. The lowest BCUT2D eigenvalue weighted by Crippen LogP contribution is -2.37. The van der Waals surface area contributed by atoms with E-state index in [0.717, 1.165) is 12.1 Å². The molecule has 6 nitrogen and oxygen atoms in total. The van der Waals surface area contributed by atoms with Gasteiger partial charge in [0.1, 0.15) is 0 Å². The number of rotatable bonds is 3. The lowest BCUT2D eigenvalue weighted by molar-refractivity contribution is -0.137. The first kappa shape index (κ1) is 19.1. The third-order valence-corrected chi connectivity index (χ3v) is 4.27. The Bertz CT molecular complexity index is 826. The highest BCUT2D eigenvalue weighted by atomic mass is 19.4. The third kappa shape index (κ3) is 4.19. The molecule has 0 saturated carbocycles. The van der Waals surface area contributed by atoms with Crippen LogP contribution in [0.25, 0.3) is 0 Å². The number of carbonyl (C=O) groups excluding carboxylic acids is 1. The van der Waals surface area contributed by atoms with E-state index in [2.05, 4.69) is 15.3 Å². The van der Waals surface area contributed by atoms with Gasteiger partial charge in [-0.3, -0.25) is 4.79 Å². The smallest absolute Gasteiger partial charge is 0.378 e. The highest BCUT2D eigenvalue weighted by molar-refractivity contribution is 6.06. The van der Waals surface area contributed by atoms with Crippen molar-refractivity contribution in [1.82, 2.24) is 9.97 Å². The number of ether oxygens (including phenoxy) is 1. The van der Waals surface area contributed by atoms with E-state index >= 15 is 0 Å². The molecule has 9 heteroatoms. The summed E-state index contributed by atoms with van der Waals surface area (Å²) in [6.45, 7) is 5.84. The van der Waals surface area contributed by atoms with Gasteiger partial charge in [0.2, 0.25) is 5.95 Å². The van der Waals surface area contributed by atoms with Gasteiger partial charge >= 0.3 is 6.18 Å². The van der Waals surface area contributed by atoms with Crippen molar-refractivity contribution >= 4 is 17.5 Å².